The molecule has 0 amide bonds. The quantitative estimate of drug-likeness (QED) is 0.635. The predicted octanol–water partition coefficient (Wildman–Crippen LogP) is 2.48. The Hall–Kier alpha value is -1.52. The number of rotatable bonds is 7. The highest BCUT2D eigenvalue weighted by Crippen LogP contribution is 2.14. The Kier molecular flexibility index (Phi) is 5.52. The molecule has 0 saturated heterocycles. The van der Waals surface area contributed by atoms with Crippen LogP contribution in [0.2, 0.25) is 0 Å². The van der Waals surface area contributed by atoms with E-state index in [-0.39, 0.29) is 0 Å². The van der Waals surface area contributed by atoms with Crippen molar-refractivity contribution in [3.8, 4) is 0 Å². The first-order valence-corrected chi connectivity index (χ1v) is 6.24. The number of hydrogen-bond acceptors (Lipinski definition) is 5. The van der Waals surface area contributed by atoms with Gasteiger partial charge in [0.1, 0.15) is 11.6 Å². The lowest BCUT2D eigenvalue weighted by molar-refractivity contribution is 0.614. The monoisotopic (exact) mass is 237 g/mol. The number of unbranched alkanes of at least 4 members (excludes halogenated alkanes) is 2. The fraction of sp³-hybridized carbons (Fsp3) is 0.667. The van der Waals surface area contributed by atoms with Gasteiger partial charge in [-0.05, 0) is 13.3 Å². The van der Waals surface area contributed by atoms with Crippen molar-refractivity contribution in [1.82, 2.24) is 9.97 Å². The van der Waals surface area contributed by atoms with Gasteiger partial charge in [0.15, 0.2) is 0 Å². The first-order chi connectivity index (χ1) is 8.15. The molecule has 96 valence electrons. The molecule has 1 aromatic rings. The van der Waals surface area contributed by atoms with Crippen LogP contribution in [0.3, 0.4) is 0 Å². The molecule has 0 aliphatic carbocycles. The zero-order valence-corrected chi connectivity index (χ0v) is 11.0. The molecule has 0 bridgehead atoms. The molecule has 4 N–H and O–H groups in total. The average Bonchev–Trinajstić information content (AvgIpc) is 2.28. The van der Waals surface area contributed by atoms with E-state index in [1.807, 2.05) is 13.1 Å². The topological polar surface area (TPSA) is 75.9 Å². The van der Waals surface area contributed by atoms with Crippen LogP contribution in [-0.2, 0) is 0 Å². The maximum absolute atomic E-state index is 5.63. The predicted molar refractivity (Wildman–Crippen MR) is 73.2 cm³/mol. The van der Waals surface area contributed by atoms with Crippen LogP contribution >= 0.6 is 0 Å². The molecule has 1 heterocycles. The van der Waals surface area contributed by atoms with E-state index < -0.39 is 0 Å². The second-order valence-corrected chi connectivity index (χ2v) is 4.29. The van der Waals surface area contributed by atoms with E-state index >= 15 is 0 Å². The van der Waals surface area contributed by atoms with Crippen LogP contribution in [-0.4, -0.2) is 23.1 Å². The Bertz CT molecular complexity index is 340. The SMILES string of the molecule is CCCCCC(C)Nc1cc(NC)nc(N)n1. The van der Waals surface area contributed by atoms with Crippen LogP contribution in [0, 0.1) is 0 Å². The summed E-state index contributed by atoms with van der Waals surface area (Å²) in [5.74, 6) is 1.81. The summed E-state index contributed by atoms with van der Waals surface area (Å²) in [6.07, 6.45) is 4.91. The van der Waals surface area contributed by atoms with Gasteiger partial charge in [-0.15, -0.1) is 0 Å². The van der Waals surface area contributed by atoms with Gasteiger partial charge in [0.25, 0.3) is 0 Å². The standard InChI is InChI=1S/C12H23N5/c1-4-5-6-7-9(2)15-11-8-10(14-3)16-12(13)17-11/h8-9H,4-7H2,1-3H3,(H4,13,14,15,16,17). The summed E-state index contributed by atoms with van der Waals surface area (Å²) in [5.41, 5.74) is 5.63. The van der Waals surface area contributed by atoms with Crippen LogP contribution in [0.25, 0.3) is 0 Å². The Balaban J connectivity index is 2.52. The molecular formula is C12H23N5. The van der Waals surface area contributed by atoms with Crippen LogP contribution in [0.5, 0.6) is 0 Å². The third-order valence-electron chi connectivity index (χ3n) is 2.63. The van der Waals surface area contributed by atoms with Crippen LogP contribution in [0.15, 0.2) is 6.07 Å². The average molecular weight is 237 g/mol. The lowest BCUT2D eigenvalue weighted by Crippen LogP contribution is -2.16. The van der Waals surface area contributed by atoms with Crippen molar-refractivity contribution >= 4 is 17.6 Å². The van der Waals surface area contributed by atoms with Gasteiger partial charge in [0, 0.05) is 19.2 Å². The van der Waals surface area contributed by atoms with Gasteiger partial charge in [0.2, 0.25) is 5.95 Å². The van der Waals surface area contributed by atoms with Crippen molar-refractivity contribution in [2.45, 2.75) is 45.6 Å². The van der Waals surface area contributed by atoms with Crippen molar-refractivity contribution in [1.29, 1.82) is 0 Å². The summed E-state index contributed by atoms with van der Waals surface area (Å²) >= 11 is 0. The van der Waals surface area contributed by atoms with Crippen molar-refractivity contribution in [2.24, 2.45) is 0 Å². The lowest BCUT2D eigenvalue weighted by Gasteiger charge is -2.15. The molecule has 0 aliphatic heterocycles. The molecule has 1 rings (SSSR count). The number of nitrogens with one attached hydrogen (secondary N) is 2. The zero-order valence-electron chi connectivity index (χ0n) is 11.0. The normalized spacial score (nSPS) is 12.2. The fourth-order valence-electron chi connectivity index (χ4n) is 1.69. The molecule has 5 heteroatoms. The number of anilines is 3. The van der Waals surface area contributed by atoms with E-state index in [1.165, 1.54) is 19.3 Å². The van der Waals surface area contributed by atoms with Gasteiger partial charge in [-0.1, -0.05) is 26.2 Å². The van der Waals surface area contributed by atoms with Gasteiger partial charge in [-0.25, -0.2) is 0 Å². The number of aromatic nitrogens is 2. The summed E-state index contributed by atoms with van der Waals surface area (Å²) in [7, 11) is 1.82. The first-order valence-electron chi connectivity index (χ1n) is 6.24. The number of nitrogens with two attached hydrogens (primary N) is 1. The molecule has 1 atom stereocenters. The van der Waals surface area contributed by atoms with Gasteiger partial charge < -0.3 is 16.4 Å². The zero-order chi connectivity index (χ0) is 12.7. The van der Waals surface area contributed by atoms with Crippen LogP contribution in [0.4, 0.5) is 17.6 Å². The number of nitrogen functional groups attached to an aromatic ring is 1. The van der Waals surface area contributed by atoms with Crippen LogP contribution in [0.1, 0.15) is 39.5 Å². The van der Waals surface area contributed by atoms with E-state index in [9.17, 15) is 0 Å². The van der Waals surface area contributed by atoms with Gasteiger partial charge in [0.05, 0.1) is 0 Å². The van der Waals surface area contributed by atoms with Gasteiger partial charge in [-0.2, -0.15) is 9.97 Å². The molecule has 0 spiro atoms. The van der Waals surface area contributed by atoms with E-state index in [2.05, 4.69) is 34.4 Å². The molecule has 0 radical (unpaired) electrons. The molecule has 0 aromatic carbocycles. The minimum Gasteiger partial charge on any atom is -0.373 e. The fourth-order valence-corrected chi connectivity index (χ4v) is 1.69. The third-order valence-corrected chi connectivity index (χ3v) is 2.63. The Morgan fingerprint density at radius 3 is 2.65 bits per heavy atom. The first kappa shape index (κ1) is 13.5. The Morgan fingerprint density at radius 1 is 1.29 bits per heavy atom. The molecule has 5 nitrogen and oxygen atoms in total. The Morgan fingerprint density at radius 2 is 2.00 bits per heavy atom. The molecule has 1 unspecified atom stereocenters. The number of hydrogen-bond donors (Lipinski definition) is 3. The maximum atomic E-state index is 5.63. The highest BCUT2D eigenvalue weighted by Gasteiger charge is 2.05. The number of nitrogens with zero attached hydrogens (tertiary/aromatic N) is 2. The smallest absolute Gasteiger partial charge is 0.223 e. The van der Waals surface area contributed by atoms with Gasteiger partial charge >= 0.3 is 0 Å². The summed E-state index contributed by atoms with van der Waals surface area (Å²) in [6.45, 7) is 4.37. The molecule has 1 aromatic heterocycles. The van der Waals surface area contributed by atoms with Crippen molar-refractivity contribution in [2.75, 3.05) is 23.4 Å². The van der Waals surface area contributed by atoms with Crippen molar-refractivity contribution < 1.29 is 0 Å². The lowest BCUT2D eigenvalue weighted by atomic mass is 10.1. The maximum Gasteiger partial charge on any atom is 0.223 e. The third kappa shape index (κ3) is 4.89. The summed E-state index contributed by atoms with van der Waals surface area (Å²) in [6, 6.07) is 2.27. The van der Waals surface area contributed by atoms with Crippen molar-refractivity contribution in [3.63, 3.8) is 0 Å². The second kappa shape index (κ2) is 6.93. The highest BCUT2D eigenvalue weighted by molar-refractivity contribution is 5.50. The van der Waals surface area contributed by atoms with E-state index in [4.69, 9.17) is 5.73 Å². The van der Waals surface area contributed by atoms with Crippen molar-refractivity contribution in [3.05, 3.63) is 6.07 Å². The Labute approximate surface area is 103 Å². The minimum absolute atomic E-state index is 0.292. The summed E-state index contributed by atoms with van der Waals surface area (Å²) in [4.78, 5) is 8.22. The second-order valence-electron chi connectivity index (χ2n) is 4.29. The van der Waals surface area contributed by atoms with E-state index in [0.29, 0.717) is 12.0 Å². The van der Waals surface area contributed by atoms with Gasteiger partial charge in [-0.3, -0.25) is 0 Å². The largest absolute Gasteiger partial charge is 0.373 e. The molecular weight excluding hydrogens is 214 g/mol. The molecule has 0 fully saturated rings. The van der Waals surface area contributed by atoms with E-state index in [1.54, 1.807) is 0 Å². The van der Waals surface area contributed by atoms with Crippen LogP contribution < -0.4 is 16.4 Å². The molecule has 0 saturated carbocycles. The molecule has 0 aliphatic rings. The summed E-state index contributed by atoms with van der Waals surface area (Å²) < 4.78 is 0. The van der Waals surface area contributed by atoms with E-state index in [0.717, 1.165) is 18.1 Å². The minimum atomic E-state index is 0.292. The summed E-state index contributed by atoms with van der Waals surface area (Å²) in [5, 5.41) is 6.31. The highest BCUT2D eigenvalue weighted by atomic mass is 15.1. The molecule has 17 heavy (non-hydrogen) atoms.